The van der Waals surface area contributed by atoms with Gasteiger partial charge >= 0.3 is 0 Å². The molecule has 1 atom stereocenters. The summed E-state index contributed by atoms with van der Waals surface area (Å²) in [6.45, 7) is 0.631. The van der Waals surface area contributed by atoms with Gasteiger partial charge < -0.3 is 10.0 Å². The number of nitriles is 1. The maximum atomic E-state index is 11.5. The van der Waals surface area contributed by atoms with E-state index in [2.05, 4.69) is 0 Å². The molecule has 1 aromatic rings. The summed E-state index contributed by atoms with van der Waals surface area (Å²) in [4.78, 5) is 14.8. The minimum Gasteiger partial charge on any atom is -0.387 e. The zero-order chi connectivity index (χ0) is 14.4. The van der Waals surface area contributed by atoms with Crippen LogP contribution in [0.2, 0.25) is 0 Å². The van der Waals surface area contributed by atoms with Crippen LogP contribution in [-0.4, -0.2) is 55.0 Å². The second-order valence-electron chi connectivity index (χ2n) is 4.73. The Kier molecular flexibility index (Phi) is 5.49. The molecule has 0 spiro atoms. The topological polar surface area (TPSA) is 67.6 Å². The lowest BCUT2D eigenvalue weighted by Gasteiger charge is -2.22. The molecule has 5 heteroatoms. The first-order chi connectivity index (χ1) is 8.93. The van der Waals surface area contributed by atoms with E-state index in [0.717, 1.165) is 5.56 Å². The summed E-state index contributed by atoms with van der Waals surface area (Å²) >= 11 is 0. The van der Waals surface area contributed by atoms with Crippen LogP contribution in [-0.2, 0) is 4.79 Å². The molecule has 1 aromatic carbocycles. The largest absolute Gasteiger partial charge is 0.387 e. The van der Waals surface area contributed by atoms with Crippen LogP contribution in [0.15, 0.2) is 24.3 Å². The maximum Gasteiger partial charge on any atom is 0.236 e. The summed E-state index contributed by atoms with van der Waals surface area (Å²) in [5.74, 6) is -0.00507. The minimum atomic E-state index is -0.673. The number of carbonyl (C=O) groups excluding carboxylic acids is 1. The van der Waals surface area contributed by atoms with Crippen molar-refractivity contribution in [2.45, 2.75) is 6.10 Å². The van der Waals surface area contributed by atoms with Crippen molar-refractivity contribution in [1.29, 1.82) is 5.26 Å². The number of amides is 1. The van der Waals surface area contributed by atoms with Gasteiger partial charge in [0, 0.05) is 20.6 Å². The highest BCUT2D eigenvalue weighted by Gasteiger charge is 2.14. The standard InChI is InChI=1S/C14H19N3O2/c1-16(2)14(19)10-17(3)9-13(18)12-6-4-11(8-15)5-7-12/h4-7,13,18H,9-10H2,1-3H3. The lowest BCUT2D eigenvalue weighted by Crippen LogP contribution is -2.36. The van der Waals surface area contributed by atoms with Crippen molar-refractivity contribution in [3.05, 3.63) is 35.4 Å². The molecule has 0 aliphatic rings. The van der Waals surface area contributed by atoms with E-state index < -0.39 is 6.10 Å². The first-order valence-electron chi connectivity index (χ1n) is 6.01. The third kappa shape index (κ3) is 4.70. The zero-order valence-electron chi connectivity index (χ0n) is 11.5. The fourth-order valence-corrected chi connectivity index (χ4v) is 1.62. The van der Waals surface area contributed by atoms with Crippen molar-refractivity contribution in [2.24, 2.45) is 0 Å². The van der Waals surface area contributed by atoms with Crippen molar-refractivity contribution in [1.82, 2.24) is 9.80 Å². The van der Waals surface area contributed by atoms with Gasteiger partial charge in [-0.1, -0.05) is 12.1 Å². The Balaban J connectivity index is 2.56. The molecule has 0 heterocycles. The predicted octanol–water partition coefficient (Wildman–Crippen LogP) is 0.612. The quantitative estimate of drug-likeness (QED) is 0.843. The van der Waals surface area contributed by atoms with E-state index in [0.29, 0.717) is 12.1 Å². The van der Waals surface area contributed by atoms with Crippen LogP contribution in [0.5, 0.6) is 0 Å². The Bertz CT molecular complexity index is 463. The van der Waals surface area contributed by atoms with Crippen molar-refractivity contribution < 1.29 is 9.90 Å². The molecule has 19 heavy (non-hydrogen) atoms. The van der Waals surface area contributed by atoms with Gasteiger partial charge in [0.15, 0.2) is 0 Å². The molecule has 0 saturated heterocycles. The molecular weight excluding hydrogens is 242 g/mol. The van der Waals surface area contributed by atoms with E-state index in [1.807, 2.05) is 6.07 Å². The van der Waals surface area contributed by atoms with Crippen molar-refractivity contribution in [3.8, 4) is 6.07 Å². The van der Waals surface area contributed by atoms with E-state index in [1.165, 1.54) is 4.90 Å². The molecule has 0 aromatic heterocycles. The van der Waals surface area contributed by atoms with Crippen LogP contribution >= 0.6 is 0 Å². The van der Waals surface area contributed by atoms with Gasteiger partial charge in [-0.3, -0.25) is 9.69 Å². The molecule has 0 aliphatic heterocycles. The summed E-state index contributed by atoms with van der Waals surface area (Å²) in [5.41, 5.74) is 1.30. The SMILES string of the molecule is CN(CC(=O)N(C)C)CC(O)c1ccc(C#N)cc1. The fraction of sp³-hybridized carbons (Fsp3) is 0.429. The lowest BCUT2D eigenvalue weighted by atomic mass is 10.1. The van der Waals surface area contributed by atoms with Crippen LogP contribution in [0.25, 0.3) is 0 Å². The number of aliphatic hydroxyl groups is 1. The van der Waals surface area contributed by atoms with Crippen LogP contribution in [0.4, 0.5) is 0 Å². The predicted molar refractivity (Wildman–Crippen MR) is 72.3 cm³/mol. The summed E-state index contributed by atoms with van der Waals surface area (Å²) in [6.07, 6.45) is -0.673. The van der Waals surface area contributed by atoms with E-state index in [4.69, 9.17) is 5.26 Å². The average Bonchev–Trinajstić information content (AvgIpc) is 2.38. The van der Waals surface area contributed by atoms with Crippen molar-refractivity contribution in [2.75, 3.05) is 34.2 Å². The number of benzene rings is 1. The number of aliphatic hydroxyl groups excluding tert-OH is 1. The van der Waals surface area contributed by atoms with Gasteiger partial charge in [0.1, 0.15) is 0 Å². The van der Waals surface area contributed by atoms with E-state index in [9.17, 15) is 9.90 Å². The third-order valence-corrected chi connectivity index (χ3v) is 2.81. The van der Waals surface area contributed by atoms with Gasteiger partial charge in [-0.25, -0.2) is 0 Å². The molecule has 0 aliphatic carbocycles. The van der Waals surface area contributed by atoms with Gasteiger partial charge in [0.25, 0.3) is 0 Å². The Morgan fingerprint density at radius 2 is 1.89 bits per heavy atom. The third-order valence-electron chi connectivity index (χ3n) is 2.81. The van der Waals surface area contributed by atoms with E-state index in [1.54, 1.807) is 50.3 Å². The fourth-order valence-electron chi connectivity index (χ4n) is 1.62. The number of hydrogen-bond donors (Lipinski definition) is 1. The number of nitrogens with zero attached hydrogens (tertiary/aromatic N) is 3. The first-order valence-corrected chi connectivity index (χ1v) is 6.01. The second kappa shape index (κ2) is 6.88. The second-order valence-corrected chi connectivity index (χ2v) is 4.73. The van der Waals surface area contributed by atoms with Gasteiger partial charge in [0.05, 0.1) is 24.3 Å². The van der Waals surface area contributed by atoms with E-state index >= 15 is 0 Å². The lowest BCUT2D eigenvalue weighted by molar-refractivity contribution is -0.129. The Hall–Kier alpha value is -1.90. The number of likely N-dealkylation sites (N-methyl/N-ethyl adjacent to an activating group) is 2. The molecular formula is C14H19N3O2. The molecule has 1 N–H and O–H groups in total. The maximum absolute atomic E-state index is 11.5. The van der Waals surface area contributed by atoms with Crippen LogP contribution in [0.1, 0.15) is 17.2 Å². The molecule has 1 rings (SSSR count). The molecule has 0 bridgehead atoms. The van der Waals surface area contributed by atoms with Gasteiger partial charge in [-0.15, -0.1) is 0 Å². The Morgan fingerprint density at radius 3 is 2.37 bits per heavy atom. The highest BCUT2D eigenvalue weighted by atomic mass is 16.3. The van der Waals surface area contributed by atoms with Gasteiger partial charge in [0.2, 0.25) is 5.91 Å². The average molecular weight is 261 g/mol. The molecule has 102 valence electrons. The first kappa shape index (κ1) is 15.2. The van der Waals surface area contributed by atoms with Crippen LogP contribution in [0, 0.1) is 11.3 Å². The highest BCUT2D eigenvalue weighted by Crippen LogP contribution is 2.14. The molecule has 0 radical (unpaired) electrons. The minimum absolute atomic E-state index is 0.00507. The molecule has 1 amide bonds. The monoisotopic (exact) mass is 261 g/mol. The molecule has 1 unspecified atom stereocenters. The number of carbonyl (C=O) groups is 1. The molecule has 0 fully saturated rings. The highest BCUT2D eigenvalue weighted by molar-refractivity contribution is 5.77. The normalized spacial score (nSPS) is 12.0. The van der Waals surface area contributed by atoms with Crippen LogP contribution < -0.4 is 0 Å². The zero-order valence-corrected chi connectivity index (χ0v) is 11.5. The molecule has 0 saturated carbocycles. The Labute approximate surface area is 113 Å². The van der Waals surface area contributed by atoms with Gasteiger partial charge in [-0.05, 0) is 24.7 Å². The summed E-state index contributed by atoms with van der Waals surface area (Å²) in [6, 6.07) is 8.82. The summed E-state index contributed by atoms with van der Waals surface area (Å²) in [7, 11) is 5.19. The number of hydrogen-bond acceptors (Lipinski definition) is 4. The van der Waals surface area contributed by atoms with Crippen molar-refractivity contribution >= 4 is 5.91 Å². The van der Waals surface area contributed by atoms with Crippen molar-refractivity contribution in [3.63, 3.8) is 0 Å². The smallest absolute Gasteiger partial charge is 0.236 e. The van der Waals surface area contributed by atoms with Crippen LogP contribution in [0.3, 0.4) is 0 Å². The summed E-state index contributed by atoms with van der Waals surface area (Å²) < 4.78 is 0. The Morgan fingerprint density at radius 1 is 1.32 bits per heavy atom. The van der Waals surface area contributed by atoms with E-state index in [-0.39, 0.29) is 12.5 Å². The number of rotatable bonds is 5. The van der Waals surface area contributed by atoms with Gasteiger partial charge in [-0.2, -0.15) is 5.26 Å². The molecule has 5 nitrogen and oxygen atoms in total. The summed E-state index contributed by atoms with van der Waals surface area (Å²) in [5, 5.41) is 18.8.